The Hall–Kier alpha value is -2.60. The van der Waals surface area contributed by atoms with Gasteiger partial charge in [-0.3, -0.25) is 18.7 Å². The standard InChI is InChI=1S/C23H27ClN4O2/c1-15-16(2)28(19-11-9-17(24)10-12-19)22-21(15)23(30)27(14-25-22)13-20(29)26-18-7-5-3-4-6-8-18/h9-12,14,18H,3-8,13H2,1-2H3,(H,26,29). The van der Waals surface area contributed by atoms with Gasteiger partial charge in [-0.25, -0.2) is 4.98 Å². The molecule has 2 heterocycles. The molecule has 30 heavy (non-hydrogen) atoms. The van der Waals surface area contributed by atoms with Crippen LogP contribution in [0, 0.1) is 13.8 Å². The summed E-state index contributed by atoms with van der Waals surface area (Å²) in [6, 6.07) is 7.65. The zero-order chi connectivity index (χ0) is 21.3. The molecule has 158 valence electrons. The van der Waals surface area contributed by atoms with Gasteiger partial charge in [0.1, 0.15) is 12.9 Å². The molecule has 1 aliphatic carbocycles. The predicted octanol–water partition coefficient (Wildman–Crippen LogP) is 4.30. The zero-order valence-corrected chi connectivity index (χ0v) is 18.2. The molecule has 1 amide bonds. The Labute approximate surface area is 180 Å². The van der Waals surface area contributed by atoms with Crippen LogP contribution in [0.2, 0.25) is 5.02 Å². The Morgan fingerprint density at radius 3 is 2.47 bits per heavy atom. The summed E-state index contributed by atoms with van der Waals surface area (Å²) < 4.78 is 3.37. The van der Waals surface area contributed by atoms with Crippen molar-refractivity contribution >= 4 is 28.5 Å². The van der Waals surface area contributed by atoms with Gasteiger partial charge >= 0.3 is 0 Å². The fraction of sp³-hybridized carbons (Fsp3) is 0.435. The van der Waals surface area contributed by atoms with Crippen LogP contribution in [-0.4, -0.2) is 26.1 Å². The van der Waals surface area contributed by atoms with Crippen LogP contribution in [-0.2, 0) is 11.3 Å². The van der Waals surface area contributed by atoms with E-state index in [-0.39, 0.29) is 24.1 Å². The Morgan fingerprint density at radius 1 is 1.13 bits per heavy atom. The first-order valence-corrected chi connectivity index (χ1v) is 11.0. The highest BCUT2D eigenvalue weighted by Crippen LogP contribution is 2.25. The lowest BCUT2D eigenvalue weighted by Crippen LogP contribution is -2.38. The first-order valence-electron chi connectivity index (χ1n) is 10.6. The number of nitrogens with zero attached hydrogens (tertiary/aromatic N) is 3. The number of hydrogen-bond donors (Lipinski definition) is 1. The minimum Gasteiger partial charge on any atom is -0.352 e. The largest absolute Gasteiger partial charge is 0.352 e. The van der Waals surface area contributed by atoms with E-state index in [2.05, 4.69) is 10.3 Å². The smallest absolute Gasteiger partial charge is 0.263 e. The van der Waals surface area contributed by atoms with Crippen LogP contribution in [0.25, 0.3) is 16.7 Å². The number of nitrogens with one attached hydrogen (secondary N) is 1. The number of aromatic nitrogens is 3. The first kappa shape index (κ1) is 20.7. The summed E-state index contributed by atoms with van der Waals surface area (Å²) in [4.78, 5) is 30.3. The highest BCUT2D eigenvalue weighted by atomic mass is 35.5. The summed E-state index contributed by atoms with van der Waals surface area (Å²) >= 11 is 6.02. The molecule has 0 bridgehead atoms. The maximum atomic E-state index is 13.2. The molecule has 6 nitrogen and oxygen atoms in total. The topological polar surface area (TPSA) is 68.9 Å². The van der Waals surface area contributed by atoms with Crippen molar-refractivity contribution in [1.29, 1.82) is 0 Å². The highest BCUT2D eigenvalue weighted by Gasteiger charge is 2.20. The van der Waals surface area contributed by atoms with Crippen LogP contribution < -0.4 is 10.9 Å². The van der Waals surface area contributed by atoms with Crippen LogP contribution in [0.1, 0.15) is 49.8 Å². The molecule has 1 aromatic carbocycles. The van der Waals surface area contributed by atoms with E-state index >= 15 is 0 Å². The van der Waals surface area contributed by atoms with Gasteiger partial charge in [-0.05, 0) is 56.5 Å². The van der Waals surface area contributed by atoms with Crippen molar-refractivity contribution in [3.05, 3.63) is 57.2 Å². The molecule has 0 radical (unpaired) electrons. The SMILES string of the molecule is Cc1c(C)n(-c2ccc(Cl)cc2)c2ncn(CC(=O)NC3CCCCCC3)c(=O)c12. The zero-order valence-electron chi connectivity index (χ0n) is 17.4. The van der Waals surface area contributed by atoms with Gasteiger partial charge in [-0.1, -0.05) is 37.3 Å². The van der Waals surface area contributed by atoms with E-state index in [4.69, 9.17) is 11.6 Å². The number of halogens is 1. The molecular formula is C23H27ClN4O2. The van der Waals surface area contributed by atoms with Crippen LogP contribution in [0.5, 0.6) is 0 Å². The molecule has 0 saturated heterocycles. The van der Waals surface area contributed by atoms with E-state index < -0.39 is 0 Å². The second kappa shape index (κ2) is 8.64. The molecule has 0 atom stereocenters. The van der Waals surface area contributed by atoms with Crippen molar-refractivity contribution in [2.75, 3.05) is 0 Å². The molecule has 1 fully saturated rings. The normalized spacial score (nSPS) is 15.3. The lowest BCUT2D eigenvalue weighted by molar-refractivity contribution is -0.122. The molecule has 1 N–H and O–H groups in total. The maximum absolute atomic E-state index is 13.2. The Bertz CT molecular complexity index is 1120. The highest BCUT2D eigenvalue weighted by molar-refractivity contribution is 6.30. The average molecular weight is 427 g/mol. The van der Waals surface area contributed by atoms with Gasteiger partial charge in [0.15, 0.2) is 5.65 Å². The van der Waals surface area contributed by atoms with E-state index in [9.17, 15) is 9.59 Å². The Balaban J connectivity index is 1.64. The monoisotopic (exact) mass is 426 g/mol. The lowest BCUT2D eigenvalue weighted by Gasteiger charge is -2.16. The lowest BCUT2D eigenvalue weighted by atomic mass is 10.1. The van der Waals surface area contributed by atoms with Crippen LogP contribution in [0.3, 0.4) is 0 Å². The average Bonchev–Trinajstić information content (AvgIpc) is 2.88. The van der Waals surface area contributed by atoms with Gasteiger partial charge in [0.2, 0.25) is 5.91 Å². The van der Waals surface area contributed by atoms with Gasteiger partial charge in [-0.15, -0.1) is 0 Å². The molecule has 0 aliphatic heterocycles. The van der Waals surface area contributed by atoms with Gasteiger partial charge < -0.3 is 5.32 Å². The summed E-state index contributed by atoms with van der Waals surface area (Å²) in [5, 5.41) is 4.30. The second-order valence-electron chi connectivity index (χ2n) is 8.15. The fourth-order valence-electron chi connectivity index (χ4n) is 4.36. The number of fused-ring (bicyclic) bond motifs is 1. The summed E-state index contributed by atoms with van der Waals surface area (Å²) in [6.45, 7) is 3.88. The number of amides is 1. The molecular weight excluding hydrogens is 400 g/mol. The number of carbonyl (C=O) groups is 1. The Kier molecular flexibility index (Phi) is 5.95. The van der Waals surface area contributed by atoms with Crippen LogP contribution in [0.15, 0.2) is 35.4 Å². The number of carbonyl (C=O) groups excluding carboxylic acids is 1. The molecule has 0 unspecified atom stereocenters. The van der Waals surface area contributed by atoms with Crippen molar-refractivity contribution < 1.29 is 4.79 Å². The van der Waals surface area contributed by atoms with Crippen molar-refractivity contribution in [3.8, 4) is 5.69 Å². The summed E-state index contributed by atoms with van der Waals surface area (Å²) in [5.74, 6) is -0.128. The Morgan fingerprint density at radius 2 is 1.80 bits per heavy atom. The molecule has 0 spiro atoms. The van der Waals surface area contributed by atoms with Crippen molar-refractivity contribution in [2.24, 2.45) is 0 Å². The van der Waals surface area contributed by atoms with E-state index in [0.29, 0.717) is 16.1 Å². The molecule has 7 heteroatoms. The van der Waals surface area contributed by atoms with Gasteiger partial charge in [0.05, 0.1) is 5.39 Å². The molecule has 4 rings (SSSR count). The van der Waals surface area contributed by atoms with Crippen molar-refractivity contribution in [1.82, 2.24) is 19.4 Å². The minimum absolute atomic E-state index is 0.0110. The third kappa shape index (κ3) is 4.01. The molecule has 3 aromatic rings. The summed E-state index contributed by atoms with van der Waals surface area (Å²) in [7, 11) is 0. The van der Waals surface area contributed by atoms with E-state index in [1.165, 1.54) is 23.7 Å². The summed E-state index contributed by atoms with van der Waals surface area (Å²) in [6.07, 6.45) is 8.26. The van der Waals surface area contributed by atoms with Crippen LogP contribution >= 0.6 is 11.6 Å². The second-order valence-corrected chi connectivity index (χ2v) is 8.59. The number of benzene rings is 1. The van der Waals surface area contributed by atoms with Gasteiger partial charge in [0.25, 0.3) is 5.56 Å². The van der Waals surface area contributed by atoms with Gasteiger partial charge in [-0.2, -0.15) is 0 Å². The van der Waals surface area contributed by atoms with E-state index in [1.807, 2.05) is 42.7 Å². The third-order valence-electron chi connectivity index (χ3n) is 6.10. The van der Waals surface area contributed by atoms with Gasteiger partial charge in [0, 0.05) is 22.4 Å². The third-order valence-corrected chi connectivity index (χ3v) is 6.35. The molecule has 2 aromatic heterocycles. The quantitative estimate of drug-likeness (QED) is 0.632. The van der Waals surface area contributed by atoms with Crippen LogP contribution in [0.4, 0.5) is 0 Å². The minimum atomic E-state index is -0.190. The van der Waals surface area contributed by atoms with E-state index in [1.54, 1.807) is 0 Å². The number of rotatable bonds is 4. The number of aryl methyl sites for hydroxylation is 1. The summed E-state index contributed by atoms with van der Waals surface area (Å²) in [5.41, 5.74) is 3.11. The maximum Gasteiger partial charge on any atom is 0.263 e. The van der Waals surface area contributed by atoms with Crippen molar-refractivity contribution in [3.63, 3.8) is 0 Å². The molecule has 1 aliphatic rings. The number of hydrogen-bond acceptors (Lipinski definition) is 3. The predicted molar refractivity (Wildman–Crippen MR) is 119 cm³/mol. The first-order chi connectivity index (χ1) is 14.5. The van der Waals surface area contributed by atoms with E-state index in [0.717, 1.165) is 42.6 Å². The molecule has 1 saturated carbocycles. The fourth-order valence-corrected chi connectivity index (χ4v) is 4.48. The van der Waals surface area contributed by atoms with Crippen molar-refractivity contribution in [2.45, 2.75) is 65.0 Å².